The van der Waals surface area contributed by atoms with E-state index in [0.717, 1.165) is 42.1 Å². The lowest BCUT2D eigenvalue weighted by atomic mass is 9.78. The van der Waals surface area contributed by atoms with Gasteiger partial charge in [-0.15, -0.1) is 0 Å². The molecule has 1 amide bonds. The zero-order valence-corrected chi connectivity index (χ0v) is 16.8. The van der Waals surface area contributed by atoms with Gasteiger partial charge in [-0.3, -0.25) is 4.79 Å². The molecule has 27 heavy (non-hydrogen) atoms. The van der Waals surface area contributed by atoms with Crippen molar-refractivity contribution >= 4 is 34.4 Å². The number of carbonyl (C=O) groups is 1. The van der Waals surface area contributed by atoms with Crippen molar-refractivity contribution in [3.8, 4) is 0 Å². The van der Waals surface area contributed by atoms with E-state index in [9.17, 15) is 4.79 Å². The van der Waals surface area contributed by atoms with Crippen molar-refractivity contribution in [2.75, 3.05) is 24.2 Å². The molecule has 1 aliphatic carbocycles. The van der Waals surface area contributed by atoms with Crippen LogP contribution in [0.4, 0.5) is 5.82 Å². The lowest BCUT2D eigenvalue weighted by Gasteiger charge is -2.44. The SMILES string of the molecule is CCNc1nc(SCC(=O)N2CCC[C@H]3CCCC[C@@H]32)nc2ccccc12. The number of thioether (sulfide) groups is 1. The maximum absolute atomic E-state index is 12.9. The molecule has 144 valence electrons. The summed E-state index contributed by atoms with van der Waals surface area (Å²) in [5, 5.41) is 5.02. The van der Waals surface area contributed by atoms with Crippen molar-refractivity contribution in [3.05, 3.63) is 24.3 Å². The topological polar surface area (TPSA) is 58.1 Å². The number of hydrogen-bond acceptors (Lipinski definition) is 5. The standard InChI is InChI=1S/C21H28N4OS/c1-2-22-20-16-10-4-5-11-17(16)23-21(24-20)27-14-19(26)25-13-7-9-15-8-3-6-12-18(15)25/h4-5,10-11,15,18H,2-3,6-9,12-14H2,1H3,(H,22,23,24)/t15-,18+/m1/s1. The van der Waals surface area contributed by atoms with Gasteiger partial charge in [0.25, 0.3) is 0 Å². The number of rotatable bonds is 5. The minimum atomic E-state index is 0.248. The van der Waals surface area contributed by atoms with E-state index < -0.39 is 0 Å². The van der Waals surface area contributed by atoms with E-state index in [4.69, 9.17) is 0 Å². The number of likely N-dealkylation sites (tertiary alicyclic amines) is 1. The Morgan fingerprint density at radius 3 is 2.89 bits per heavy atom. The molecule has 0 radical (unpaired) electrons. The Hall–Kier alpha value is -1.82. The average Bonchev–Trinajstić information content (AvgIpc) is 2.72. The largest absolute Gasteiger partial charge is 0.370 e. The van der Waals surface area contributed by atoms with Crippen LogP contribution in [0.15, 0.2) is 29.4 Å². The zero-order chi connectivity index (χ0) is 18.6. The fraction of sp³-hybridized carbons (Fsp3) is 0.571. The number of anilines is 1. The van der Waals surface area contributed by atoms with Crippen LogP contribution < -0.4 is 5.32 Å². The minimum Gasteiger partial charge on any atom is -0.370 e. The third kappa shape index (κ3) is 4.05. The van der Waals surface area contributed by atoms with Crippen molar-refractivity contribution in [3.63, 3.8) is 0 Å². The first-order valence-corrected chi connectivity index (χ1v) is 11.2. The van der Waals surface area contributed by atoms with Crippen LogP contribution in [0.5, 0.6) is 0 Å². The van der Waals surface area contributed by atoms with E-state index in [1.165, 1.54) is 43.9 Å². The molecule has 2 aliphatic rings. The molecule has 4 rings (SSSR count). The van der Waals surface area contributed by atoms with Gasteiger partial charge >= 0.3 is 0 Å². The predicted molar refractivity (Wildman–Crippen MR) is 111 cm³/mol. The van der Waals surface area contributed by atoms with Gasteiger partial charge in [0.2, 0.25) is 5.91 Å². The molecule has 2 aromatic rings. The molecule has 2 heterocycles. The first-order chi connectivity index (χ1) is 13.3. The van der Waals surface area contributed by atoms with Gasteiger partial charge in [0.15, 0.2) is 5.16 Å². The predicted octanol–water partition coefficient (Wildman–Crippen LogP) is 4.33. The molecule has 0 spiro atoms. The third-order valence-corrected chi connectivity index (χ3v) is 6.65. The number of nitrogens with one attached hydrogen (secondary N) is 1. The summed E-state index contributed by atoms with van der Waals surface area (Å²) in [5.41, 5.74) is 0.920. The van der Waals surface area contributed by atoms with Crippen molar-refractivity contribution in [1.29, 1.82) is 0 Å². The van der Waals surface area contributed by atoms with Crippen LogP contribution >= 0.6 is 11.8 Å². The van der Waals surface area contributed by atoms with Crippen LogP contribution in [-0.4, -0.2) is 45.7 Å². The molecule has 1 aromatic heterocycles. The Kier molecular flexibility index (Phi) is 5.81. The molecule has 5 nitrogen and oxygen atoms in total. The van der Waals surface area contributed by atoms with E-state index >= 15 is 0 Å². The molecule has 1 aliphatic heterocycles. The maximum Gasteiger partial charge on any atom is 0.233 e. The first-order valence-electron chi connectivity index (χ1n) is 10.2. The van der Waals surface area contributed by atoms with E-state index in [-0.39, 0.29) is 5.91 Å². The minimum absolute atomic E-state index is 0.248. The number of benzene rings is 1. The second-order valence-corrected chi connectivity index (χ2v) is 8.47. The fourth-order valence-electron chi connectivity index (χ4n) is 4.57. The molecule has 1 saturated heterocycles. The Morgan fingerprint density at radius 2 is 2.00 bits per heavy atom. The second kappa shape index (κ2) is 8.46. The highest BCUT2D eigenvalue weighted by Crippen LogP contribution is 2.35. The molecule has 1 aromatic carbocycles. The summed E-state index contributed by atoms with van der Waals surface area (Å²) in [7, 11) is 0. The lowest BCUT2D eigenvalue weighted by molar-refractivity contribution is -0.134. The Balaban J connectivity index is 1.47. The van der Waals surface area contributed by atoms with Gasteiger partial charge in [0, 0.05) is 24.5 Å². The zero-order valence-electron chi connectivity index (χ0n) is 16.0. The van der Waals surface area contributed by atoms with E-state index in [1.54, 1.807) is 0 Å². The highest BCUT2D eigenvalue weighted by molar-refractivity contribution is 7.99. The van der Waals surface area contributed by atoms with E-state index in [1.807, 2.05) is 24.3 Å². The summed E-state index contributed by atoms with van der Waals surface area (Å²) in [4.78, 5) is 24.4. The van der Waals surface area contributed by atoms with E-state index in [2.05, 4.69) is 27.1 Å². The summed E-state index contributed by atoms with van der Waals surface area (Å²) in [6.45, 7) is 3.78. The van der Waals surface area contributed by atoms with Gasteiger partial charge in [-0.25, -0.2) is 9.97 Å². The van der Waals surface area contributed by atoms with Crippen molar-refractivity contribution in [1.82, 2.24) is 14.9 Å². The van der Waals surface area contributed by atoms with Gasteiger partial charge in [-0.2, -0.15) is 0 Å². The number of hydrogen-bond donors (Lipinski definition) is 1. The smallest absolute Gasteiger partial charge is 0.233 e. The van der Waals surface area contributed by atoms with Crippen LogP contribution in [-0.2, 0) is 4.79 Å². The highest BCUT2D eigenvalue weighted by Gasteiger charge is 2.35. The number of fused-ring (bicyclic) bond motifs is 2. The average molecular weight is 385 g/mol. The summed E-state index contributed by atoms with van der Waals surface area (Å²) in [5.74, 6) is 2.24. The van der Waals surface area contributed by atoms with Crippen LogP contribution in [0.25, 0.3) is 10.9 Å². The van der Waals surface area contributed by atoms with Crippen molar-refractivity contribution in [2.24, 2.45) is 5.92 Å². The number of aromatic nitrogens is 2. The van der Waals surface area contributed by atoms with E-state index in [0.29, 0.717) is 17.0 Å². The quantitative estimate of drug-likeness (QED) is 0.614. The Bertz CT molecular complexity index is 810. The van der Waals surface area contributed by atoms with Crippen LogP contribution in [0.1, 0.15) is 45.4 Å². The number of amides is 1. The van der Waals surface area contributed by atoms with Gasteiger partial charge in [-0.05, 0) is 50.7 Å². The van der Waals surface area contributed by atoms with Crippen LogP contribution in [0.2, 0.25) is 0 Å². The maximum atomic E-state index is 12.9. The van der Waals surface area contributed by atoms with Crippen molar-refractivity contribution in [2.45, 2.75) is 56.6 Å². The monoisotopic (exact) mass is 384 g/mol. The molecule has 6 heteroatoms. The van der Waals surface area contributed by atoms with Gasteiger partial charge in [-0.1, -0.05) is 36.7 Å². The summed E-state index contributed by atoms with van der Waals surface area (Å²) in [6, 6.07) is 8.49. The molecule has 1 N–H and O–H groups in total. The third-order valence-electron chi connectivity index (χ3n) is 5.82. The number of para-hydroxylation sites is 1. The van der Waals surface area contributed by atoms with Crippen LogP contribution in [0, 0.1) is 5.92 Å². The van der Waals surface area contributed by atoms with Crippen molar-refractivity contribution < 1.29 is 4.79 Å². The van der Waals surface area contributed by atoms with Gasteiger partial charge in [0.1, 0.15) is 5.82 Å². The summed E-state index contributed by atoms with van der Waals surface area (Å²) < 4.78 is 0. The van der Waals surface area contributed by atoms with Crippen LogP contribution in [0.3, 0.4) is 0 Å². The highest BCUT2D eigenvalue weighted by atomic mass is 32.2. The molecular weight excluding hydrogens is 356 g/mol. The molecule has 0 bridgehead atoms. The second-order valence-electron chi connectivity index (χ2n) is 7.53. The number of nitrogens with zero attached hydrogens (tertiary/aromatic N) is 3. The molecular formula is C21H28N4OS. The molecule has 0 unspecified atom stereocenters. The number of piperidine rings is 1. The molecule has 2 fully saturated rings. The lowest BCUT2D eigenvalue weighted by Crippen LogP contribution is -2.50. The van der Waals surface area contributed by atoms with Gasteiger partial charge < -0.3 is 10.2 Å². The summed E-state index contributed by atoms with van der Waals surface area (Å²) in [6.07, 6.45) is 7.50. The normalized spacial score (nSPS) is 22.5. The number of carbonyl (C=O) groups excluding carboxylic acids is 1. The molecule has 1 saturated carbocycles. The summed E-state index contributed by atoms with van der Waals surface area (Å²) >= 11 is 1.46. The fourth-order valence-corrected chi connectivity index (χ4v) is 5.30. The Morgan fingerprint density at radius 1 is 1.19 bits per heavy atom. The first kappa shape index (κ1) is 18.5. The Labute approximate surface area is 165 Å². The van der Waals surface area contributed by atoms with Gasteiger partial charge in [0.05, 0.1) is 11.3 Å². The molecule has 2 atom stereocenters.